The van der Waals surface area contributed by atoms with Crippen LogP contribution in [0.25, 0.3) is 0 Å². The average Bonchev–Trinajstić information content (AvgIpc) is 2.53. The number of aromatic nitrogens is 1. The van der Waals surface area contributed by atoms with E-state index in [0.717, 1.165) is 11.3 Å². The van der Waals surface area contributed by atoms with E-state index < -0.39 is 0 Å². The molecule has 1 aromatic carbocycles. The van der Waals surface area contributed by atoms with Crippen LogP contribution in [0.3, 0.4) is 0 Å². The van der Waals surface area contributed by atoms with Crippen LogP contribution < -0.4 is 10.1 Å². The number of benzene rings is 1. The van der Waals surface area contributed by atoms with E-state index >= 15 is 0 Å². The number of nitrogens with one attached hydrogen (secondary N) is 2. The van der Waals surface area contributed by atoms with E-state index in [2.05, 4.69) is 10.3 Å². The maximum absolute atomic E-state index is 8.98. The third kappa shape index (κ3) is 4.19. The van der Waals surface area contributed by atoms with Crippen LogP contribution in [0.4, 0.5) is 5.82 Å². The molecule has 5 nitrogen and oxygen atoms in total. The van der Waals surface area contributed by atoms with Crippen molar-refractivity contribution in [3.63, 3.8) is 0 Å². The molecule has 0 saturated heterocycles. The van der Waals surface area contributed by atoms with Gasteiger partial charge in [-0.3, -0.25) is 0 Å². The fraction of sp³-hybridized carbons (Fsp3) is 0.250. The molecule has 3 N–H and O–H groups in total. The van der Waals surface area contributed by atoms with Gasteiger partial charge in [-0.15, -0.1) is 0 Å². The van der Waals surface area contributed by atoms with Crippen molar-refractivity contribution in [2.45, 2.75) is 13.0 Å². The second-order valence-electron chi connectivity index (χ2n) is 4.68. The minimum atomic E-state index is -0.0701. The number of nitrogens with zero attached hydrogens (tertiary/aromatic N) is 1. The van der Waals surface area contributed by atoms with Gasteiger partial charge in [0.2, 0.25) is 0 Å². The van der Waals surface area contributed by atoms with Gasteiger partial charge in [-0.1, -0.05) is 23.7 Å². The minimum Gasteiger partial charge on any atom is -0.497 e. The molecule has 0 spiro atoms. The van der Waals surface area contributed by atoms with Gasteiger partial charge in [0.15, 0.2) is 0 Å². The van der Waals surface area contributed by atoms with Crippen molar-refractivity contribution in [3.05, 3.63) is 52.7 Å². The number of methoxy groups -OCH3 is 1. The maximum Gasteiger partial charge on any atom is 0.137 e. The van der Waals surface area contributed by atoms with E-state index in [-0.39, 0.29) is 13.0 Å². The molecule has 6 heteroatoms. The van der Waals surface area contributed by atoms with Gasteiger partial charge in [0.05, 0.1) is 7.11 Å². The Balaban J connectivity index is 2.13. The monoisotopic (exact) mass is 319 g/mol. The van der Waals surface area contributed by atoms with Crippen molar-refractivity contribution in [1.29, 1.82) is 5.41 Å². The minimum absolute atomic E-state index is 0.0701. The van der Waals surface area contributed by atoms with Gasteiger partial charge in [0.25, 0.3) is 0 Å². The molecule has 2 rings (SSSR count). The second-order valence-corrected chi connectivity index (χ2v) is 5.07. The quantitative estimate of drug-likeness (QED) is 0.541. The highest BCUT2D eigenvalue weighted by molar-refractivity contribution is 6.29. The normalized spacial score (nSPS) is 10.3. The number of anilines is 1. The van der Waals surface area contributed by atoms with Crippen molar-refractivity contribution in [2.24, 2.45) is 0 Å². The molecule has 1 heterocycles. The zero-order valence-corrected chi connectivity index (χ0v) is 13.0. The number of aliphatic hydroxyl groups is 1. The Bertz CT molecular complexity index is 644. The standard InChI is InChI=1S/C16H18ClN3O2/c1-22-12-4-2-11(3-5-12)10-19-16-13(14(18)8-9-21)6-7-15(17)20-16/h2-7,18,21H,8-10H2,1H3,(H,19,20). The van der Waals surface area contributed by atoms with Gasteiger partial charge in [0, 0.05) is 30.8 Å². The number of rotatable bonds is 7. The highest BCUT2D eigenvalue weighted by Crippen LogP contribution is 2.19. The van der Waals surface area contributed by atoms with Crippen molar-refractivity contribution >= 4 is 23.1 Å². The lowest BCUT2D eigenvalue weighted by Gasteiger charge is -2.12. The molecule has 0 aliphatic heterocycles. The number of ether oxygens (including phenoxy) is 1. The first-order valence-corrected chi connectivity index (χ1v) is 7.24. The van der Waals surface area contributed by atoms with Gasteiger partial charge in [-0.25, -0.2) is 4.98 Å². The third-order valence-corrected chi connectivity index (χ3v) is 3.38. The Labute approximate surface area is 134 Å². The summed E-state index contributed by atoms with van der Waals surface area (Å²) >= 11 is 5.93. The number of hydrogen-bond acceptors (Lipinski definition) is 5. The summed E-state index contributed by atoms with van der Waals surface area (Å²) in [5, 5.41) is 20.5. The van der Waals surface area contributed by atoms with Crippen molar-refractivity contribution < 1.29 is 9.84 Å². The first-order chi connectivity index (χ1) is 10.6. The summed E-state index contributed by atoms with van der Waals surface area (Å²) in [5.41, 5.74) is 2.03. The third-order valence-electron chi connectivity index (χ3n) is 3.17. The fourth-order valence-electron chi connectivity index (χ4n) is 1.99. The van der Waals surface area contributed by atoms with E-state index in [0.29, 0.717) is 28.8 Å². The Morgan fingerprint density at radius 2 is 2.00 bits per heavy atom. The van der Waals surface area contributed by atoms with Crippen LogP contribution in [0.5, 0.6) is 5.75 Å². The molecule has 0 radical (unpaired) electrons. The van der Waals surface area contributed by atoms with E-state index in [1.807, 2.05) is 24.3 Å². The van der Waals surface area contributed by atoms with Gasteiger partial charge in [0.1, 0.15) is 16.7 Å². The summed E-state index contributed by atoms with van der Waals surface area (Å²) in [6.07, 6.45) is 0.278. The SMILES string of the molecule is COc1ccc(CNc2nc(Cl)ccc2C(=N)CCO)cc1. The van der Waals surface area contributed by atoms with E-state index in [1.54, 1.807) is 19.2 Å². The predicted octanol–water partition coefficient (Wildman–Crippen LogP) is 3.11. The molecule has 0 unspecified atom stereocenters. The highest BCUT2D eigenvalue weighted by Gasteiger charge is 2.10. The molecule has 1 aromatic heterocycles. The molecule has 0 fully saturated rings. The predicted molar refractivity (Wildman–Crippen MR) is 88.1 cm³/mol. The summed E-state index contributed by atoms with van der Waals surface area (Å²) in [6, 6.07) is 11.1. The number of hydrogen-bond donors (Lipinski definition) is 3. The molecule has 2 aromatic rings. The van der Waals surface area contributed by atoms with Crippen LogP contribution in [0.2, 0.25) is 5.15 Å². The summed E-state index contributed by atoms with van der Waals surface area (Å²) in [7, 11) is 1.63. The smallest absolute Gasteiger partial charge is 0.137 e. The Morgan fingerprint density at radius 1 is 1.27 bits per heavy atom. The molecule has 0 atom stereocenters. The van der Waals surface area contributed by atoms with Crippen LogP contribution in [0, 0.1) is 5.41 Å². The van der Waals surface area contributed by atoms with Gasteiger partial charge in [-0.05, 0) is 29.8 Å². The molecule has 0 aliphatic carbocycles. The van der Waals surface area contributed by atoms with Gasteiger partial charge < -0.3 is 20.6 Å². The van der Waals surface area contributed by atoms with Gasteiger partial charge >= 0.3 is 0 Å². The van der Waals surface area contributed by atoms with Crippen molar-refractivity contribution in [1.82, 2.24) is 4.98 Å². The van der Waals surface area contributed by atoms with Crippen LogP contribution in [-0.4, -0.2) is 29.5 Å². The number of pyridine rings is 1. The fourth-order valence-corrected chi connectivity index (χ4v) is 2.14. The number of halogens is 1. The largest absolute Gasteiger partial charge is 0.497 e. The average molecular weight is 320 g/mol. The van der Waals surface area contributed by atoms with Crippen LogP contribution >= 0.6 is 11.6 Å². The van der Waals surface area contributed by atoms with Crippen LogP contribution in [-0.2, 0) is 6.54 Å². The number of aliphatic hydroxyl groups excluding tert-OH is 1. The summed E-state index contributed by atoms with van der Waals surface area (Å²) in [4.78, 5) is 4.23. The topological polar surface area (TPSA) is 78.2 Å². The van der Waals surface area contributed by atoms with Crippen LogP contribution in [0.1, 0.15) is 17.5 Å². The Morgan fingerprint density at radius 3 is 2.64 bits per heavy atom. The van der Waals surface area contributed by atoms with Crippen molar-refractivity contribution in [2.75, 3.05) is 19.0 Å². The van der Waals surface area contributed by atoms with Gasteiger partial charge in [-0.2, -0.15) is 0 Å². The molecular weight excluding hydrogens is 302 g/mol. The first-order valence-electron chi connectivity index (χ1n) is 6.86. The molecule has 0 saturated carbocycles. The molecule has 22 heavy (non-hydrogen) atoms. The lowest BCUT2D eigenvalue weighted by molar-refractivity contribution is 0.307. The summed E-state index contributed by atoms with van der Waals surface area (Å²) in [5.74, 6) is 1.34. The van der Waals surface area contributed by atoms with Crippen LogP contribution in [0.15, 0.2) is 36.4 Å². The maximum atomic E-state index is 8.98. The second kappa shape index (κ2) is 7.77. The lowest BCUT2D eigenvalue weighted by atomic mass is 10.1. The molecule has 0 amide bonds. The molecular formula is C16H18ClN3O2. The highest BCUT2D eigenvalue weighted by atomic mass is 35.5. The zero-order valence-electron chi connectivity index (χ0n) is 12.3. The van der Waals surface area contributed by atoms with E-state index in [1.165, 1.54) is 0 Å². The van der Waals surface area contributed by atoms with Crippen molar-refractivity contribution in [3.8, 4) is 5.75 Å². The first kappa shape index (κ1) is 16.3. The molecule has 0 aliphatic rings. The Hall–Kier alpha value is -2.11. The lowest BCUT2D eigenvalue weighted by Crippen LogP contribution is -2.10. The molecule has 0 bridgehead atoms. The van der Waals surface area contributed by atoms with E-state index in [9.17, 15) is 0 Å². The summed E-state index contributed by atoms with van der Waals surface area (Å²) in [6.45, 7) is 0.482. The summed E-state index contributed by atoms with van der Waals surface area (Å²) < 4.78 is 5.12. The molecule has 116 valence electrons. The Kier molecular flexibility index (Phi) is 5.75. The zero-order chi connectivity index (χ0) is 15.9. The van der Waals surface area contributed by atoms with E-state index in [4.69, 9.17) is 26.9 Å².